The largest absolute Gasteiger partial charge is 0.350 e. The number of aromatic nitrogens is 3. The monoisotopic (exact) mass is 437 g/mol. The number of rotatable bonds is 8. The van der Waals surface area contributed by atoms with Crippen molar-refractivity contribution in [1.29, 1.82) is 0 Å². The molecule has 1 N–H and O–H groups in total. The Kier molecular flexibility index (Phi) is 7.33. The Morgan fingerprint density at radius 2 is 1.97 bits per heavy atom. The molecule has 0 bridgehead atoms. The fourth-order valence-corrected chi connectivity index (χ4v) is 4.30. The number of nitrogens with one attached hydrogen (secondary N) is 1. The molecule has 0 aliphatic carbocycles. The first-order valence-corrected chi connectivity index (χ1v) is 11.2. The van der Waals surface area contributed by atoms with E-state index in [1.54, 1.807) is 10.9 Å². The van der Waals surface area contributed by atoms with Crippen LogP contribution in [0.5, 0.6) is 0 Å². The third kappa shape index (κ3) is 6.39. The molecule has 4 rings (SSSR count). The van der Waals surface area contributed by atoms with E-state index in [1.165, 1.54) is 12.0 Å². The van der Waals surface area contributed by atoms with E-state index in [1.807, 2.05) is 24.3 Å². The van der Waals surface area contributed by atoms with Gasteiger partial charge in [-0.15, -0.1) is 5.10 Å². The number of amides is 1. The van der Waals surface area contributed by atoms with Crippen LogP contribution in [0.25, 0.3) is 0 Å². The highest BCUT2D eigenvalue weighted by Crippen LogP contribution is 2.17. The van der Waals surface area contributed by atoms with Crippen LogP contribution < -0.4 is 5.32 Å². The van der Waals surface area contributed by atoms with Gasteiger partial charge >= 0.3 is 0 Å². The summed E-state index contributed by atoms with van der Waals surface area (Å²) < 4.78 is 1.66. The van der Waals surface area contributed by atoms with Crippen LogP contribution in [0.1, 0.15) is 34.5 Å². The van der Waals surface area contributed by atoms with Crippen molar-refractivity contribution in [2.45, 2.75) is 25.8 Å². The van der Waals surface area contributed by atoms with Gasteiger partial charge in [0.1, 0.15) is 0 Å². The summed E-state index contributed by atoms with van der Waals surface area (Å²) >= 11 is 6.03. The van der Waals surface area contributed by atoms with Crippen LogP contribution >= 0.6 is 11.6 Å². The molecule has 0 radical (unpaired) electrons. The summed E-state index contributed by atoms with van der Waals surface area (Å²) in [6.45, 7) is 4.41. The minimum Gasteiger partial charge on any atom is -0.350 e. The molecule has 1 amide bonds. The molecule has 1 aromatic heterocycles. The van der Waals surface area contributed by atoms with E-state index in [0.717, 1.165) is 38.0 Å². The van der Waals surface area contributed by atoms with E-state index >= 15 is 0 Å². The molecule has 0 saturated carbocycles. The third-order valence-corrected chi connectivity index (χ3v) is 5.95. The molecular weight excluding hydrogens is 410 g/mol. The molecule has 1 atom stereocenters. The van der Waals surface area contributed by atoms with E-state index in [4.69, 9.17) is 11.6 Å². The van der Waals surface area contributed by atoms with Crippen molar-refractivity contribution in [2.24, 2.45) is 5.92 Å². The highest BCUT2D eigenvalue weighted by Gasteiger charge is 2.21. The number of halogens is 1. The Hall–Kier alpha value is -2.70. The minimum atomic E-state index is -0.168. The number of nitrogens with zero attached hydrogens (tertiary/aromatic N) is 4. The lowest BCUT2D eigenvalue weighted by Gasteiger charge is -2.32. The van der Waals surface area contributed by atoms with Crippen LogP contribution in [0, 0.1) is 5.92 Å². The summed E-state index contributed by atoms with van der Waals surface area (Å²) in [7, 11) is 0. The lowest BCUT2D eigenvalue weighted by atomic mass is 9.97. The van der Waals surface area contributed by atoms with Crippen molar-refractivity contribution >= 4 is 17.5 Å². The van der Waals surface area contributed by atoms with E-state index < -0.39 is 0 Å². The molecule has 2 heterocycles. The maximum Gasteiger partial charge on any atom is 0.273 e. The summed E-state index contributed by atoms with van der Waals surface area (Å²) in [6.07, 6.45) is 5.06. The van der Waals surface area contributed by atoms with Gasteiger partial charge in [-0.25, -0.2) is 4.68 Å². The molecule has 162 valence electrons. The van der Waals surface area contributed by atoms with Gasteiger partial charge in [0.05, 0.1) is 12.7 Å². The maximum absolute atomic E-state index is 12.5. The summed E-state index contributed by atoms with van der Waals surface area (Å²) in [5, 5.41) is 11.8. The van der Waals surface area contributed by atoms with Crippen molar-refractivity contribution in [1.82, 2.24) is 25.2 Å². The van der Waals surface area contributed by atoms with Crippen molar-refractivity contribution < 1.29 is 4.79 Å². The first kappa shape index (κ1) is 21.5. The Morgan fingerprint density at radius 1 is 1.13 bits per heavy atom. The topological polar surface area (TPSA) is 63.1 Å². The predicted molar refractivity (Wildman–Crippen MR) is 122 cm³/mol. The van der Waals surface area contributed by atoms with Crippen molar-refractivity contribution in [3.63, 3.8) is 0 Å². The normalized spacial score (nSPS) is 16.9. The van der Waals surface area contributed by atoms with Crippen LogP contribution in [0.3, 0.4) is 0 Å². The minimum absolute atomic E-state index is 0.168. The Balaban J connectivity index is 1.23. The van der Waals surface area contributed by atoms with E-state index in [-0.39, 0.29) is 5.91 Å². The first-order chi connectivity index (χ1) is 15.2. The molecular formula is C24H28ClN5O. The van der Waals surface area contributed by atoms with Crippen molar-refractivity contribution in [2.75, 3.05) is 26.2 Å². The van der Waals surface area contributed by atoms with Gasteiger partial charge in [0.25, 0.3) is 5.91 Å². The number of likely N-dealkylation sites (tertiary alicyclic amines) is 1. The van der Waals surface area contributed by atoms with Gasteiger partial charge in [-0.1, -0.05) is 59.3 Å². The highest BCUT2D eigenvalue weighted by atomic mass is 35.5. The average molecular weight is 438 g/mol. The molecule has 3 aromatic rings. The molecule has 1 saturated heterocycles. The Bertz CT molecular complexity index is 990. The maximum atomic E-state index is 12.5. The number of piperidine rings is 1. The fourth-order valence-electron chi connectivity index (χ4n) is 4.08. The van der Waals surface area contributed by atoms with Gasteiger partial charge in [0.2, 0.25) is 0 Å². The fraction of sp³-hybridized carbons (Fsp3) is 0.375. The zero-order valence-corrected chi connectivity index (χ0v) is 18.3. The zero-order valence-electron chi connectivity index (χ0n) is 17.6. The van der Waals surface area contributed by atoms with Gasteiger partial charge in [-0.3, -0.25) is 4.79 Å². The molecule has 7 heteroatoms. The number of carbonyl (C=O) groups excluding carboxylic acids is 1. The Labute approximate surface area is 188 Å². The van der Waals surface area contributed by atoms with Crippen LogP contribution in [0.4, 0.5) is 0 Å². The van der Waals surface area contributed by atoms with Gasteiger partial charge < -0.3 is 10.2 Å². The number of carbonyl (C=O) groups is 1. The molecule has 1 aliphatic heterocycles. The molecule has 1 aliphatic rings. The number of benzene rings is 2. The van der Waals surface area contributed by atoms with Crippen LogP contribution in [-0.4, -0.2) is 52.0 Å². The van der Waals surface area contributed by atoms with Gasteiger partial charge in [0.15, 0.2) is 5.69 Å². The van der Waals surface area contributed by atoms with Crippen molar-refractivity contribution in [3.05, 3.63) is 82.6 Å². The molecule has 31 heavy (non-hydrogen) atoms. The van der Waals surface area contributed by atoms with Gasteiger partial charge in [-0.2, -0.15) is 0 Å². The molecule has 1 fully saturated rings. The SMILES string of the molecule is O=C(NCC1CCCN(CCc2ccccc2)C1)c1cn(Cc2cccc(Cl)c2)nn1. The molecule has 1 unspecified atom stereocenters. The van der Waals surface area contributed by atoms with Gasteiger partial charge in [-0.05, 0) is 55.0 Å². The highest BCUT2D eigenvalue weighted by molar-refractivity contribution is 6.30. The second-order valence-electron chi connectivity index (χ2n) is 8.19. The average Bonchev–Trinajstić information content (AvgIpc) is 3.26. The quantitative estimate of drug-likeness (QED) is 0.584. The number of hydrogen-bond donors (Lipinski definition) is 1. The molecule has 2 aromatic carbocycles. The van der Waals surface area contributed by atoms with E-state index in [9.17, 15) is 4.79 Å². The molecule has 0 spiro atoms. The van der Waals surface area contributed by atoms with E-state index in [2.05, 4.69) is 50.9 Å². The van der Waals surface area contributed by atoms with Crippen molar-refractivity contribution in [3.8, 4) is 0 Å². The second kappa shape index (κ2) is 10.6. The van der Waals surface area contributed by atoms with Crippen LogP contribution in [0.15, 0.2) is 60.8 Å². The van der Waals surface area contributed by atoms with Crippen LogP contribution in [0.2, 0.25) is 5.02 Å². The lowest BCUT2D eigenvalue weighted by molar-refractivity contribution is 0.0927. The smallest absolute Gasteiger partial charge is 0.273 e. The third-order valence-electron chi connectivity index (χ3n) is 5.72. The van der Waals surface area contributed by atoms with Crippen LogP contribution in [-0.2, 0) is 13.0 Å². The predicted octanol–water partition coefficient (Wildman–Crippen LogP) is 3.66. The first-order valence-electron chi connectivity index (χ1n) is 10.8. The lowest BCUT2D eigenvalue weighted by Crippen LogP contribution is -2.41. The molecule has 6 nitrogen and oxygen atoms in total. The number of hydrogen-bond acceptors (Lipinski definition) is 4. The summed E-state index contributed by atoms with van der Waals surface area (Å²) in [6, 6.07) is 18.2. The summed E-state index contributed by atoms with van der Waals surface area (Å²) in [4.78, 5) is 15.0. The Morgan fingerprint density at radius 3 is 2.81 bits per heavy atom. The van der Waals surface area contributed by atoms with Gasteiger partial charge in [0, 0.05) is 24.7 Å². The second-order valence-corrected chi connectivity index (χ2v) is 8.62. The van der Waals surface area contributed by atoms with E-state index in [0.29, 0.717) is 29.7 Å². The summed E-state index contributed by atoms with van der Waals surface area (Å²) in [5.41, 5.74) is 2.74. The summed E-state index contributed by atoms with van der Waals surface area (Å²) in [5.74, 6) is 0.300. The zero-order chi connectivity index (χ0) is 21.5. The standard InChI is InChI=1S/C24H28ClN5O/c25-22-10-4-8-20(14-22)17-30-18-23(27-28-30)24(31)26-15-21-9-5-12-29(16-21)13-11-19-6-2-1-3-7-19/h1-4,6-8,10,14,18,21H,5,9,11-13,15-17H2,(H,26,31).